The fourth-order valence-electron chi connectivity index (χ4n) is 11.8. The van der Waals surface area contributed by atoms with Gasteiger partial charge in [0.25, 0.3) is 0 Å². The van der Waals surface area contributed by atoms with Crippen molar-refractivity contribution in [2.24, 2.45) is 16.7 Å². The van der Waals surface area contributed by atoms with Crippen molar-refractivity contribution in [3.63, 3.8) is 0 Å². The number of amides is 3. The highest BCUT2D eigenvalue weighted by molar-refractivity contribution is 8.24. The molecule has 2 heterocycles. The summed E-state index contributed by atoms with van der Waals surface area (Å²) in [6.07, 6.45) is -13.0. The lowest BCUT2D eigenvalue weighted by atomic mass is 9.44. The van der Waals surface area contributed by atoms with Gasteiger partial charge in [-0.05, 0) is 49.1 Å². The van der Waals surface area contributed by atoms with Gasteiger partial charge in [0.1, 0.15) is 53.0 Å². The van der Waals surface area contributed by atoms with E-state index in [1.807, 2.05) is 0 Å². The van der Waals surface area contributed by atoms with Gasteiger partial charge < -0.3 is 54.0 Å². The van der Waals surface area contributed by atoms with Gasteiger partial charge in [-0.3, -0.25) is 48.1 Å². The van der Waals surface area contributed by atoms with Crippen molar-refractivity contribution in [3.8, 4) is 0 Å². The first-order valence-electron chi connectivity index (χ1n) is 26.3. The van der Waals surface area contributed by atoms with Crippen molar-refractivity contribution in [2.45, 2.75) is 154 Å². The van der Waals surface area contributed by atoms with Gasteiger partial charge in [0.15, 0.2) is 17.5 Å². The number of nitrogens with one attached hydrogen (secondary N) is 2. The third kappa shape index (κ3) is 12.1. The standard InChI is InChI=1S/C56H65N3O20S2/c1-9-40(66)76-35-23-36-55(27-73-36,79-30(5)61)46-48(78-50(70)32-19-15-12-16-20-32)56(72)24-34(28(3)42(53(56,6)7)44(74-29(4)60)47(68)54(35,46)8)75-51(71)45(77-41(67)10-2)43(31-17-13-11-14-18-31)58-49(69)33(21-22-39(64)65)57-37(62)25-59-38(63)26-81-52(59)80/h11-20,33-36,43-46,48,72H,9-10,21-27H2,1-8H3,(H,57,62)(H,58,69)(H,64,65)/t33-,34+,35+,36-,43+,44-,45-,46+,48+,54-,55+,56-/m1/s1. The predicted octanol–water partition coefficient (Wildman–Crippen LogP) is 3.55. The zero-order valence-electron chi connectivity index (χ0n) is 45.8. The van der Waals surface area contributed by atoms with E-state index in [0.717, 1.165) is 30.5 Å². The molecule has 81 heavy (non-hydrogen) atoms. The van der Waals surface area contributed by atoms with E-state index in [9.17, 15) is 53.4 Å². The number of rotatable bonds is 20. The number of thiocarbonyl (C=S) groups is 1. The Labute approximate surface area is 475 Å². The van der Waals surface area contributed by atoms with Crippen LogP contribution in [0.2, 0.25) is 0 Å². The third-order valence-corrected chi connectivity index (χ3v) is 17.4. The van der Waals surface area contributed by atoms with Crippen molar-refractivity contribution in [2.75, 3.05) is 18.9 Å². The Balaban J connectivity index is 1.39. The summed E-state index contributed by atoms with van der Waals surface area (Å²) in [6.45, 7) is 9.87. The number of Topliss-reactive ketones (excluding diaryl/α,β-unsaturated/α-hetero) is 1. The van der Waals surface area contributed by atoms with Crippen LogP contribution in [-0.4, -0.2) is 157 Å². The number of ketones is 1. The van der Waals surface area contributed by atoms with Crippen LogP contribution in [0.5, 0.6) is 0 Å². The van der Waals surface area contributed by atoms with Crippen LogP contribution in [0.15, 0.2) is 71.8 Å². The molecule has 2 aromatic carbocycles. The van der Waals surface area contributed by atoms with Crippen LogP contribution >= 0.6 is 24.0 Å². The number of ether oxygens (including phenoxy) is 7. The molecule has 4 N–H and O–H groups in total. The number of nitrogens with zero attached hydrogens (tertiary/aromatic N) is 1. The Bertz CT molecular complexity index is 2900. The summed E-state index contributed by atoms with van der Waals surface area (Å²) in [5, 5.41) is 28.9. The van der Waals surface area contributed by atoms with Crippen LogP contribution in [0.25, 0.3) is 0 Å². The first kappa shape index (κ1) is 61.5. The Hall–Kier alpha value is -7.09. The Morgan fingerprint density at radius 1 is 0.864 bits per heavy atom. The summed E-state index contributed by atoms with van der Waals surface area (Å²) < 4.78 is 43.1. The molecule has 0 unspecified atom stereocenters. The smallest absolute Gasteiger partial charge is 0.350 e. The maximum atomic E-state index is 16.2. The average molecular weight is 1160 g/mol. The van der Waals surface area contributed by atoms with Gasteiger partial charge in [-0.2, -0.15) is 0 Å². The SMILES string of the molecule is CCC(=O)O[C@H]1C[C@H]2OC[C@@]2(OC(C)=O)[C@H]2[C@H](OC(=O)c3ccccc3)[C@]3(O)C[C@H](OC(=O)[C@H](OC(=O)CC)[C@@H](NC(=O)[C@@H](CCC(=O)O)NC(=O)CN4C(=O)CSC4=S)c4ccccc4)C(C)=C([C@@H](OC(C)=O)C(=O)[C@]12C)C3(C)C. The first-order valence-corrected chi connectivity index (χ1v) is 27.7. The zero-order chi connectivity index (χ0) is 59.5. The number of fused-ring (bicyclic) bond motifs is 5. The summed E-state index contributed by atoms with van der Waals surface area (Å²) >= 11 is 6.22. The van der Waals surface area contributed by atoms with Crippen LogP contribution in [0.4, 0.5) is 0 Å². The van der Waals surface area contributed by atoms with Crippen LogP contribution in [0, 0.1) is 16.7 Å². The fourth-order valence-corrected chi connectivity index (χ4v) is 12.9. The number of thioether (sulfide) groups is 1. The molecule has 2 saturated heterocycles. The molecule has 3 aliphatic carbocycles. The summed E-state index contributed by atoms with van der Waals surface area (Å²) in [4.78, 5) is 153. The molecule has 23 nitrogen and oxygen atoms in total. The van der Waals surface area contributed by atoms with E-state index in [2.05, 4.69) is 10.6 Å². The summed E-state index contributed by atoms with van der Waals surface area (Å²) in [5.74, 6) is -12.4. The molecule has 0 spiro atoms. The molecule has 25 heteroatoms. The lowest BCUT2D eigenvalue weighted by Gasteiger charge is -2.67. The van der Waals surface area contributed by atoms with Gasteiger partial charge >= 0.3 is 41.8 Å². The number of aliphatic hydroxyl groups is 1. The third-order valence-electron chi connectivity index (χ3n) is 16.0. The molecule has 0 aromatic heterocycles. The molecule has 2 bridgehead atoms. The van der Waals surface area contributed by atoms with Crippen LogP contribution in [0.3, 0.4) is 0 Å². The summed E-state index contributed by atoms with van der Waals surface area (Å²) in [6, 6.07) is 11.9. The van der Waals surface area contributed by atoms with Crippen LogP contribution < -0.4 is 10.6 Å². The van der Waals surface area contributed by atoms with Gasteiger partial charge in [0.2, 0.25) is 23.8 Å². The molecule has 2 aromatic rings. The molecule has 5 aliphatic rings. The Morgan fingerprint density at radius 3 is 2.06 bits per heavy atom. The Morgan fingerprint density at radius 2 is 1.51 bits per heavy atom. The lowest BCUT2D eigenvalue weighted by Crippen LogP contribution is -2.82. The maximum absolute atomic E-state index is 16.2. The number of aliphatic carboxylic acids is 1. The van der Waals surface area contributed by atoms with Crippen molar-refractivity contribution in [3.05, 3.63) is 82.9 Å². The van der Waals surface area contributed by atoms with Crippen molar-refractivity contribution < 1.29 is 96.1 Å². The number of carbonyl (C=O) groups is 11. The minimum absolute atomic E-state index is 0.0190. The normalized spacial score (nSPS) is 28.4. The highest BCUT2D eigenvalue weighted by Gasteiger charge is 2.79. The van der Waals surface area contributed by atoms with Crippen LogP contribution in [-0.2, 0) is 81.1 Å². The number of carboxylic acid groups (broad SMARTS) is 1. The quantitative estimate of drug-likeness (QED) is 0.0637. The number of hydrogen-bond acceptors (Lipinski definition) is 21. The van der Waals surface area contributed by atoms with Gasteiger partial charge in [-0.15, -0.1) is 0 Å². The first-order chi connectivity index (χ1) is 38.1. The molecule has 2 aliphatic heterocycles. The van der Waals surface area contributed by atoms with E-state index in [-0.39, 0.29) is 51.6 Å². The Kier molecular flexibility index (Phi) is 18.7. The maximum Gasteiger partial charge on any atom is 0.350 e. The van der Waals surface area contributed by atoms with Crippen molar-refractivity contribution in [1.29, 1.82) is 0 Å². The van der Waals surface area contributed by atoms with E-state index in [1.54, 1.807) is 24.3 Å². The van der Waals surface area contributed by atoms with Gasteiger partial charge in [0, 0.05) is 51.4 Å². The van der Waals surface area contributed by atoms with E-state index >= 15 is 9.59 Å². The van der Waals surface area contributed by atoms with E-state index < -0.39 is 174 Å². The second-order valence-electron chi connectivity index (χ2n) is 21.2. The minimum atomic E-state index is -2.59. The summed E-state index contributed by atoms with van der Waals surface area (Å²) in [5.41, 5.74) is -8.52. The van der Waals surface area contributed by atoms with Crippen molar-refractivity contribution >= 4 is 93.6 Å². The van der Waals surface area contributed by atoms with Gasteiger partial charge in [-0.1, -0.05) is 100 Å². The molecule has 3 amide bonds. The van der Waals surface area contributed by atoms with E-state index in [4.69, 9.17) is 45.4 Å². The predicted molar refractivity (Wildman–Crippen MR) is 286 cm³/mol. The zero-order valence-corrected chi connectivity index (χ0v) is 47.5. The molecule has 2 saturated carbocycles. The molecular formula is C56H65N3O20S2. The second kappa shape index (κ2) is 24.6. The number of hydrogen-bond donors (Lipinski definition) is 4. The van der Waals surface area contributed by atoms with Crippen LogP contribution in [0.1, 0.15) is 116 Å². The highest BCUT2D eigenvalue weighted by atomic mass is 32.2. The topological polar surface area (TPSA) is 320 Å². The molecule has 4 fully saturated rings. The van der Waals surface area contributed by atoms with Gasteiger partial charge in [-0.25, -0.2) is 9.59 Å². The molecule has 7 rings (SSSR count). The molecular weight excluding hydrogens is 1100 g/mol. The van der Waals surface area contributed by atoms with E-state index in [1.165, 1.54) is 77.9 Å². The number of esters is 6. The lowest BCUT2D eigenvalue weighted by molar-refractivity contribution is -0.346. The number of benzene rings is 2. The molecule has 436 valence electrons. The minimum Gasteiger partial charge on any atom is -0.481 e. The number of carbonyl (C=O) groups excluding carboxylic acids is 10. The summed E-state index contributed by atoms with van der Waals surface area (Å²) in [7, 11) is 0. The molecule has 0 radical (unpaired) electrons. The highest BCUT2D eigenvalue weighted by Crippen LogP contribution is 2.65. The number of carboxylic acids is 1. The van der Waals surface area contributed by atoms with Gasteiger partial charge in [0.05, 0.1) is 29.3 Å². The molecule has 12 atom stereocenters. The average Bonchev–Trinajstić information content (AvgIpc) is 3.62. The second-order valence-corrected chi connectivity index (χ2v) is 22.9. The largest absolute Gasteiger partial charge is 0.481 e. The fraction of sp³-hybridized carbons (Fsp3) is 0.536. The monoisotopic (exact) mass is 1160 g/mol. The van der Waals surface area contributed by atoms with E-state index in [0.29, 0.717) is 0 Å². The van der Waals surface area contributed by atoms with Crippen molar-refractivity contribution in [1.82, 2.24) is 15.5 Å².